The minimum Gasteiger partial charge on any atom is -0.349 e. The molecule has 124 valence electrons. The van der Waals surface area contributed by atoms with Gasteiger partial charge in [0.1, 0.15) is 0 Å². The molecule has 1 heterocycles. The predicted octanol–water partition coefficient (Wildman–Crippen LogP) is 0.887. The molecule has 0 radical (unpaired) electrons. The normalized spacial score (nSPS) is 22.3. The summed E-state index contributed by atoms with van der Waals surface area (Å²) in [5.74, 6) is -0.0108. The fourth-order valence-corrected chi connectivity index (χ4v) is 4.14. The average molecular weight is 337 g/mol. The molecule has 1 saturated carbocycles. The largest absolute Gasteiger partial charge is 0.349 e. The van der Waals surface area contributed by atoms with E-state index in [0.29, 0.717) is 23.7 Å². The van der Waals surface area contributed by atoms with Gasteiger partial charge in [-0.1, -0.05) is 0 Å². The number of nitrogens with one attached hydrogen (secondary N) is 3. The van der Waals surface area contributed by atoms with Crippen molar-refractivity contribution in [2.75, 3.05) is 16.8 Å². The number of anilines is 1. The van der Waals surface area contributed by atoms with Crippen LogP contribution in [-0.4, -0.2) is 43.9 Å². The minimum absolute atomic E-state index is 0.0132. The van der Waals surface area contributed by atoms with Gasteiger partial charge in [0.25, 0.3) is 5.91 Å². The third-order valence-corrected chi connectivity index (χ3v) is 5.65. The van der Waals surface area contributed by atoms with E-state index in [4.69, 9.17) is 0 Å². The molecule has 7 nitrogen and oxygen atoms in total. The SMILES string of the molecule is O=C(Nc1ccc(C(=O)NC2CC2)cc1)N[C@H]1CCS(=O)(=O)C1. The molecule has 0 spiro atoms. The van der Waals surface area contributed by atoms with Crippen LogP contribution in [-0.2, 0) is 9.84 Å². The molecular formula is C15H19N3O4S. The molecule has 1 saturated heterocycles. The summed E-state index contributed by atoms with van der Waals surface area (Å²) >= 11 is 0. The van der Waals surface area contributed by atoms with E-state index in [0.717, 1.165) is 12.8 Å². The highest BCUT2D eigenvalue weighted by Crippen LogP contribution is 2.19. The molecule has 3 amide bonds. The van der Waals surface area contributed by atoms with Gasteiger partial charge < -0.3 is 16.0 Å². The van der Waals surface area contributed by atoms with Crippen molar-refractivity contribution in [3.05, 3.63) is 29.8 Å². The molecule has 1 aromatic carbocycles. The molecule has 3 N–H and O–H groups in total. The van der Waals surface area contributed by atoms with Crippen LogP contribution < -0.4 is 16.0 Å². The van der Waals surface area contributed by atoms with E-state index in [9.17, 15) is 18.0 Å². The second-order valence-electron chi connectivity index (χ2n) is 6.02. The lowest BCUT2D eigenvalue weighted by atomic mass is 10.2. The van der Waals surface area contributed by atoms with Crippen LogP contribution in [0.25, 0.3) is 0 Å². The summed E-state index contributed by atoms with van der Waals surface area (Å²) in [4.78, 5) is 23.7. The van der Waals surface area contributed by atoms with Gasteiger partial charge in [-0.05, 0) is 43.5 Å². The van der Waals surface area contributed by atoms with E-state index in [1.54, 1.807) is 24.3 Å². The molecule has 1 aromatic rings. The summed E-state index contributed by atoms with van der Waals surface area (Å²) in [5, 5.41) is 8.18. The van der Waals surface area contributed by atoms with Gasteiger partial charge in [-0.25, -0.2) is 13.2 Å². The summed E-state index contributed by atoms with van der Waals surface area (Å²) < 4.78 is 22.7. The van der Waals surface area contributed by atoms with Gasteiger partial charge in [0, 0.05) is 23.3 Å². The first-order valence-corrected chi connectivity index (χ1v) is 9.42. The monoisotopic (exact) mass is 337 g/mol. The maximum absolute atomic E-state index is 11.9. The van der Waals surface area contributed by atoms with Crippen LogP contribution in [0.4, 0.5) is 10.5 Å². The molecule has 1 atom stereocenters. The van der Waals surface area contributed by atoms with Crippen molar-refractivity contribution >= 4 is 27.5 Å². The lowest BCUT2D eigenvalue weighted by Crippen LogP contribution is -2.38. The molecule has 1 aliphatic heterocycles. The molecule has 2 fully saturated rings. The number of rotatable bonds is 4. The second-order valence-corrected chi connectivity index (χ2v) is 8.25. The Morgan fingerprint density at radius 2 is 1.65 bits per heavy atom. The van der Waals surface area contributed by atoms with Crippen molar-refractivity contribution in [2.24, 2.45) is 0 Å². The number of carbonyl (C=O) groups is 2. The molecule has 23 heavy (non-hydrogen) atoms. The highest BCUT2D eigenvalue weighted by atomic mass is 32.2. The van der Waals surface area contributed by atoms with E-state index in [1.165, 1.54) is 0 Å². The zero-order valence-corrected chi connectivity index (χ0v) is 13.4. The fourth-order valence-electron chi connectivity index (χ4n) is 2.46. The number of amides is 3. The first-order valence-electron chi connectivity index (χ1n) is 7.60. The van der Waals surface area contributed by atoms with Crippen molar-refractivity contribution in [1.29, 1.82) is 0 Å². The van der Waals surface area contributed by atoms with Crippen LogP contribution in [0.1, 0.15) is 29.6 Å². The molecule has 2 aliphatic rings. The van der Waals surface area contributed by atoms with Gasteiger partial charge in [-0.3, -0.25) is 4.79 Å². The zero-order valence-electron chi connectivity index (χ0n) is 12.5. The Morgan fingerprint density at radius 1 is 0.957 bits per heavy atom. The number of hydrogen-bond acceptors (Lipinski definition) is 4. The van der Waals surface area contributed by atoms with Crippen LogP contribution in [0.15, 0.2) is 24.3 Å². The van der Waals surface area contributed by atoms with Crippen LogP contribution in [0.5, 0.6) is 0 Å². The van der Waals surface area contributed by atoms with Crippen LogP contribution >= 0.6 is 0 Å². The van der Waals surface area contributed by atoms with E-state index in [-0.39, 0.29) is 23.5 Å². The third-order valence-electron chi connectivity index (χ3n) is 3.89. The van der Waals surface area contributed by atoms with E-state index in [1.807, 2.05) is 0 Å². The minimum atomic E-state index is -3.02. The van der Waals surface area contributed by atoms with E-state index < -0.39 is 15.9 Å². The van der Waals surface area contributed by atoms with Crippen LogP contribution in [0.2, 0.25) is 0 Å². The maximum atomic E-state index is 11.9. The number of urea groups is 1. The molecule has 0 unspecified atom stereocenters. The Bertz CT molecular complexity index is 711. The standard InChI is InChI=1S/C15H19N3O4S/c19-14(16-11-5-6-11)10-1-3-12(4-2-10)17-15(20)18-13-7-8-23(21,22)9-13/h1-4,11,13H,5-9H2,(H,16,19)(H2,17,18,20)/t13-/m0/s1. The van der Waals surface area contributed by atoms with Crippen molar-refractivity contribution in [2.45, 2.75) is 31.3 Å². The Hall–Kier alpha value is -2.09. The van der Waals surface area contributed by atoms with Crippen LogP contribution in [0.3, 0.4) is 0 Å². The molecule has 8 heteroatoms. The average Bonchev–Trinajstić information content (AvgIpc) is 3.23. The van der Waals surface area contributed by atoms with E-state index in [2.05, 4.69) is 16.0 Å². The number of sulfone groups is 1. The van der Waals surface area contributed by atoms with Crippen LogP contribution in [0, 0.1) is 0 Å². The molecule has 3 rings (SSSR count). The quantitative estimate of drug-likeness (QED) is 0.759. The van der Waals surface area contributed by atoms with Gasteiger partial charge in [-0.2, -0.15) is 0 Å². The van der Waals surface area contributed by atoms with E-state index >= 15 is 0 Å². The lowest BCUT2D eigenvalue weighted by molar-refractivity contribution is 0.0951. The van der Waals surface area contributed by atoms with Gasteiger partial charge in [0.05, 0.1) is 11.5 Å². The summed E-state index contributed by atoms with van der Waals surface area (Å²) in [6.45, 7) is 0. The molecular weight excluding hydrogens is 318 g/mol. The third kappa shape index (κ3) is 4.44. The fraction of sp³-hybridized carbons (Fsp3) is 0.467. The summed E-state index contributed by atoms with van der Waals surface area (Å²) in [6.07, 6.45) is 2.50. The second kappa shape index (κ2) is 6.19. The molecule has 0 bridgehead atoms. The number of hydrogen-bond donors (Lipinski definition) is 3. The Kier molecular flexibility index (Phi) is 4.25. The van der Waals surface area contributed by atoms with Crippen molar-refractivity contribution in [3.8, 4) is 0 Å². The highest BCUT2D eigenvalue weighted by Gasteiger charge is 2.29. The predicted molar refractivity (Wildman–Crippen MR) is 86.1 cm³/mol. The highest BCUT2D eigenvalue weighted by molar-refractivity contribution is 7.91. The first kappa shape index (κ1) is 15.8. The van der Waals surface area contributed by atoms with Gasteiger partial charge in [0.15, 0.2) is 9.84 Å². The van der Waals surface area contributed by atoms with Gasteiger partial charge in [-0.15, -0.1) is 0 Å². The summed E-state index contributed by atoms with van der Waals surface area (Å²) in [6, 6.07) is 6.10. The van der Waals surface area contributed by atoms with Crippen molar-refractivity contribution < 1.29 is 18.0 Å². The zero-order chi connectivity index (χ0) is 16.4. The van der Waals surface area contributed by atoms with Crippen molar-refractivity contribution in [1.82, 2.24) is 10.6 Å². The summed E-state index contributed by atoms with van der Waals surface area (Å²) in [7, 11) is -3.02. The molecule has 0 aromatic heterocycles. The van der Waals surface area contributed by atoms with Gasteiger partial charge >= 0.3 is 6.03 Å². The number of benzene rings is 1. The van der Waals surface area contributed by atoms with Gasteiger partial charge in [0.2, 0.25) is 0 Å². The Balaban J connectivity index is 1.51. The molecule has 1 aliphatic carbocycles. The maximum Gasteiger partial charge on any atom is 0.319 e. The smallest absolute Gasteiger partial charge is 0.319 e. The lowest BCUT2D eigenvalue weighted by Gasteiger charge is -2.12. The Morgan fingerprint density at radius 3 is 2.22 bits per heavy atom. The van der Waals surface area contributed by atoms with Crippen molar-refractivity contribution in [3.63, 3.8) is 0 Å². The topological polar surface area (TPSA) is 104 Å². The number of carbonyl (C=O) groups excluding carboxylic acids is 2. The first-order chi connectivity index (χ1) is 10.9. The Labute approximate surface area is 134 Å². The summed E-state index contributed by atoms with van der Waals surface area (Å²) in [5.41, 5.74) is 1.09.